The predicted molar refractivity (Wildman–Crippen MR) is 98.7 cm³/mol. The lowest BCUT2D eigenvalue weighted by Crippen LogP contribution is -2.38. The zero-order valence-corrected chi connectivity index (χ0v) is 14.5. The van der Waals surface area contributed by atoms with Gasteiger partial charge in [-0.1, -0.05) is 36.4 Å². The first-order chi connectivity index (χ1) is 11.6. The fourth-order valence-corrected chi connectivity index (χ4v) is 2.59. The van der Waals surface area contributed by atoms with Gasteiger partial charge >= 0.3 is 0 Å². The van der Waals surface area contributed by atoms with Crippen LogP contribution in [0.15, 0.2) is 53.5 Å². The second-order valence-electron chi connectivity index (χ2n) is 5.73. The molecule has 0 heterocycles. The molecule has 2 aromatic rings. The van der Waals surface area contributed by atoms with E-state index in [1.54, 1.807) is 6.07 Å². The molecule has 1 atom stereocenters. The lowest BCUT2D eigenvalue weighted by molar-refractivity contribution is 0.682. The molecule has 2 aromatic carbocycles. The highest BCUT2D eigenvalue weighted by atomic mass is 15.2. The molecule has 1 unspecified atom stereocenters. The van der Waals surface area contributed by atoms with E-state index >= 15 is 0 Å². The van der Waals surface area contributed by atoms with Crippen LogP contribution in [0.3, 0.4) is 0 Å². The number of aliphatic imine (C=N–C) groups is 1. The third-order valence-electron chi connectivity index (χ3n) is 3.83. The zero-order chi connectivity index (χ0) is 17.4. The van der Waals surface area contributed by atoms with Crippen molar-refractivity contribution < 1.29 is 0 Å². The lowest BCUT2D eigenvalue weighted by atomic mass is 10.0. The van der Waals surface area contributed by atoms with Crippen LogP contribution in [0.2, 0.25) is 0 Å². The Morgan fingerprint density at radius 3 is 2.71 bits per heavy atom. The molecule has 0 spiro atoms. The van der Waals surface area contributed by atoms with E-state index < -0.39 is 0 Å². The minimum Gasteiger partial charge on any atom is -0.357 e. The quantitative estimate of drug-likeness (QED) is 0.652. The third kappa shape index (κ3) is 4.85. The van der Waals surface area contributed by atoms with Crippen LogP contribution in [0.5, 0.6) is 0 Å². The van der Waals surface area contributed by atoms with Crippen LogP contribution in [0, 0.1) is 18.3 Å². The predicted octanol–water partition coefficient (Wildman–Crippen LogP) is 3.68. The van der Waals surface area contributed by atoms with Gasteiger partial charge in [0.15, 0.2) is 5.96 Å². The van der Waals surface area contributed by atoms with E-state index in [0.717, 1.165) is 18.1 Å². The number of rotatable bonds is 5. The van der Waals surface area contributed by atoms with Crippen molar-refractivity contribution in [3.05, 3.63) is 70.8 Å². The number of hydrogen-bond donors (Lipinski definition) is 2. The van der Waals surface area contributed by atoms with Gasteiger partial charge in [-0.05, 0) is 49.6 Å². The van der Waals surface area contributed by atoms with Crippen LogP contribution in [0.25, 0.3) is 0 Å². The molecule has 4 nitrogen and oxygen atoms in total. The standard InChI is InChI=1S/C20H24N4/c1-4-22-20(23-14-18-10-7-9-17(12-18)13-21)24-16(3)19-11-6-5-8-15(19)2/h5-12,16H,4,14H2,1-3H3,(H2,22,23,24). The summed E-state index contributed by atoms with van der Waals surface area (Å²) in [4.78, 5) is 4.64. The van der Waals surface area contributed by atoms with Crippen LogP contribution >= 0.6 is 0 Å². The van der Waals surface area contributed by atoms with Crippen molar-refractivity contribution in [2.45, 2.75) is 33.4 Å². The van der Waals surface area contributed by atoms with Gasteiger partial charge in [0.1, 0.15) is 0 Å². The van der Waals surface area contributed by atoms with Crippen LogP contribution in [-0.2, 0) is 6.54 Å². The summed E-state index contributed by atoms with van der Waals surface area (Å²) in [5, 5.41) is 15.7. The van der Waals surface area contributed by atoms with Gasteiger partial charge in [0, 0.05) is 6.54 Å². The van der Waals surface area contributed by atoms with Gasteiger partial charge < -0.3 is 10.6 Å². The number of aryl methyl sites for hydroxylation is 1. The third-order valence-corrected chi connectivity index (χ3v) is 3.83. The average molecular weight is 320 g/mol. The van der Waals surface area contributed by atoms with E-state index in [1.165, 1.54) is 11.1 Å². The summed E-state index contributed by atoms with van der Waals surface area (Å²) in [5.41, 5.74) is 4.20. The molecule has 0 aliphatic carbocycles. The van der Waals surface area contributed by atoms with Crippen molar-refractivity contribution in [3.8, 4) is 6.07 Å². The molecule has 0 bridgehead atoms. The zero-order valence-electron chi connectivity index (χ0n) is 14.5. The molecule has 0 aromatic heterocycles. The SMILES string of the molecule is CCNC(=NCc1cccc(C#N)c1)NC(C)c1ccccc1C. The molecule has 0 saturated heterocycles. The molecular weight excluding hydrogens is 296 g/mol. The van der Waals surface area contributed by atoms with Crippen molar-refractivity contribution in [3.63, 3.8) is 0 Å². The number of hydrogen-bond acceptors (Lipinski definition) is 2. The molecule has 0 fully saturated rings. The molecule has 2 N–H and O–H groups in total. The first-order valence-electron chi connectivity index (χ1n) is 8.23. The van der Waals surface area contributed by atoms with E-state index in [-0.39, 0.29) is 6.04 Å². The highest BCUT2D eigenvalue weighted by Gasteiger charge is 2.09. The molecule has 0 saturated carbocycles. The molecule has 4 heteroatoms. The van der Waals surface area contributed by atoms with Gasteiger partial charge in [-0.3, -0.25) is 0 Å². The topological polar surface area (TPSA) is 60.2 Å². The van der Waals surface area contributed by atoms with E-state index in [1.807, 2.05) is 31.2 Å². The fourth-order valence-electron chi connectivity index (χ4n) is 2.59. The summed E-state index contributed by atoms with van der Waals surface area (Å²) >= 11 is 0. The van der Waals surface area contributed by atoms with Crippen LogP contribution in [0.4, 0.5) is 0 Å². The van der Waals surface area contributed by atoms with E-state index in [9.17, 15) is 0 Å². The van der Waals surface area contributed by atoms with E-state index in [2.05, 4.69) is 53.7 Å². The fraction of sp³-hybridized carbons (Fsp3) is 0.300. The number of guanidine groups is 1. The Morgan fingerprint density at radius 1 is 1.21 bits per heavy atom. The summed E-state index contributed by atoms with van der Waals surface area (Å²) in [6, 6.07) is 18.2. The maximum atomic E-state index is 8.98. The summed E-state index contributed by atoms with van der Waals surface area (Å²) in [5.74, 6) is 0.774. The number of nitrogens with one attached hydrogen (secondary N) is 2. The van der Waals surface area contributed by atoms with Gasteiger partial charge in [0.25, 0.3) is 0 Å². The van der Waals surface area contributed by atoms with Crippen molar-refractivity contribution in [2.75, 3.05) is 6.54 Å². The highest BCUT2D eigenvalue weighted by Crippen LogP contribution is 2.16. The van der Waals surface area contributed by atoms with Crippen molar-refractivity contribution >= 4 is 5.96 Å². The van der Waals surface area contributed by atoms with Gasteiger partial charge in [-0.25, -0.2) is 4.99 Å². The Bertz CT molecular complexity index is 743. The van der Waals surface area contributed by atoms with Gasteiger partial charge in [-0.15, -0.1) is 0 Å². The second-order valence-corrected chi connectivity index (χ2v) is 5.73. The van der Waals surface area contributed by atoms with Gasteiger partial charge in [0.2, 0.25) is 0 Å². The molecule has 24 heavy (non-hydrogen) atoms. The van der Waals surface area contributed by atoms with E-state index in [0.29, 0.717) is 12.1 Å². The van der Waals surface area contributed by atoms with Crippen LogP contribution in [-0.4, -0.2) is 12.5 Å². The molecule has 124 valence electrons. The molecule has 0 aliphatic rings. The van der Waals surface area contributed by atoms with Crippen molar-refractivity contribution in [1.82, 2.24) is 10.6 Å². The Labute approximate surface area is 144 Å². The summed E-state index contributed by atoms with van der Waals surface area (Å²) < 4.78 is 0. The molecule has 2 rings (SSSR count). The second kappa shape index (κ2) is 8.73. The number of nitrogens with zero attached hydrogens (tertiary/aromatic N) is 2. The Kier molecular flexibility index (Phi) is 6.39. The maximum absolute atomic E-state index is 8.98. The minimum atomic E-state index is 0.162. The Balaban J connectivity index is 2.10. The van der Waals surface area contributed by atoms with Gasteiger partial charge in [0.05, 0.1) is 24.2 Å². The van der Waals surface area contributed by atoms with Crippen molar-refractivity contribution in [2.24, 2.45) is 4.99 Å². The largest absolute Gasteiger partial charge is 0.357 e. The summed E-state index contributed by atoms with van der Waals surface area (Å²) in [6.07, 6.45) is 0. The average Bonchev–Trinajstić information content (AvgIpc) is 2.60. The van der Waals surface area contributed by atoms with Crippen LogP contribution < -0.4 is 10.6 Å². The Hall–Kier alpha value is -2.80. The molecule has 0 aliphatic heterocycles. The minimum absolute atomic E-state index is 0.162. The van der Waals surface area contributed by atoms with Crippen LogP contribution in [0.1, 0.15) is 42.1 Å². The Morgan fingerprint density at radius 2 is 2.00 bits per heavy atom. The first-order valence-corrected chi connectivity index (χ1v) is 8.23. The maximum Gasteiger partial charge on any atom is 0.192 e. The monoisotopic (exact) mass is 320 g/mol. The normalized spacial score (nSPS) is 12.3. The number of benzene rings is 2. The van der Waals surface area contributed by atoms with E-state index in [4.69, 9.17) is 5.26 Å². The smallest absolute Gasteiger partial charge is 0.192 e. The summed E-state index contributed by atoms with van der Waals surface area (Å²) in [6.45, 7) is 7.62. The van der Waals surface area contributed by atoms with Gasteiger partial charge in [-0.2, -0.15) is 5.26 Å². The number of nitriles is 1. The first kappa shape index (κ1) is 17.6. The van der Waals surface area contributed by atoms with Crippen molar-refractivity contribution in [1.29, 1.82) is 5.26 Å². The molecular formula is C20H24N4. The highest BCUT2D eigenvalue weighted by molar-refractivity contribution is 5.80. The summed E-state index contributed by atoms with van der Waals surface area (Å²) in [7, 11) is 0. The lowest BCUT2D eigenvalue weighted by Gasteiger charge is -2.19. The molecule has 0 radical (unpaired) electrons. The molecule has 0 amide bonds.